The van der Waals surface area contributed by atoms with Gasteiger partial charge in [0.15, 0.2) is 0 Å². The van der Waals surface area contributed by atoms with Crippen molar-refractivity contribution in [1.29, 1.82) is 0 Å². The van der Waals surface area contributed by atoms with Crippen LogP contribution in [0.25, 0.3) is 0 Å². The Kier molecular flexibility index (Phi) is 6.38. The van der Waals surface area contributed by atoms with Crippen LogP contribution in [0.5, 0.6) is 11.6 Å². The summed E-state index contributed by atoms with van der Waals surface area (Å²) in [5.41, 5.74) is 5.41. The van der Waals surface area contributed by atoms with Crippen LogP contribution in [0.15, 0.2) is 24.3 Å². The molecule has 0 aliphatic carbocycles. The van der Waals surface area contributed by atoms with Crippen LogP contribution in [0, 0.1) is 27.7 Å². The lowest BCUT2D eigenvalue weighted by Crippen LogP contribution is -2.11. The third kappa shape index (κ3) is 4.57. The summed E-state index contributed by atoms with van der Waals surface area (Å²) in [6, 6.07) is 8.33. The second-order valence-corrected chi connectivity index (χ2v) is 6.50. The first-order chi connectivity index (χ1) is 11.4. The molecule has 0 aliphatic heterocycles. The molecule has 0 saturated carbocycles. The average molecular weight is 327 g/mol. The zero-order valence-electron chi connectivity index (χ0n) is 15.8. The highest BCUT2D eigenvalue weighted by atomic mass is 16.5. The Morgan fingerprint density at radius 3 is 2.33 bits per heavy atom. The van der Waals surface area contributed by atoms with E-state index in [1.54, 1.807) is 0 Å². The van der Waals surface area contributed by atoms with Crippen molar-refractivity contribution in [1.82, 2.24) is 4.98 Å². The van der Waals surface area contributed by atoms with Crippen LogP contribution in [-0.4, -0.2) is 11.1 Å². The zero-order valence-corrected chi connectivity index (χ0v) is 15.8. The molecule has 0 radical (unpaired) electrons. The van der Waals surface area contributed by atoms with Gasteiger partial charge in [-0.1, -0.05) is 37.6 Å². The SMILES string of the molecule is CCC(CC)OCc1cc(C)cc(C)c1Oc1nc(C)ccc1C. The van der Waals surface area contributed by atoms with Gasteiger partial charge in [0, 0.05) is 16.8 Å². The Hall–Kier alpha value is -1.87. The Morgan fingerprint density at radius 2 is 1.67 bits per heavy atom. The van der Waals surface area contributed by atoms with Crippen molar-refractivity contribution in [2.45, 2.75) is 67.1 Å². The van der Waals surface area contributed by atoms with E-state index in [-0.39, 0.29) is 6.10 Å². The number of hydrogen-bond donors (Lipinski definition) is 0. The summed E-state index contributed by atoms with van der Waals surface area (Å²) in [6.45, 7) is 13.1. The van der Waals surface area contributed by atoms with Crippen LogP contribution >= 0.6 is 0 Å². The van der Waals surface area contributed by atoms with Gasteiger partial charge in [-0.15, -0.1) is 0 Å². The fourth-order valence-electron chi connectivity index (χ4n) is 2.83. The fraction of sp³-hybridized carbons (Fsp3) is 0.476. The molecule has 0 fully saturated rings. The zero-order chi connectivity index (χ0) is 17.7. The standard InChI is InChI=1S/C21H29NO2/c1-7-19(8-2)23-13-18-12-14(3)11-16(5)20(18)24-21-15(4)9-10-17(6)22-21/h9-12,19H,7-8,13H2,1-6H3. The first-order valence-corrected chi connectivity index (χ1v) is 8.78. The minimum absolute atomic E-state index is 0.289. The van der Waals surface area contributed by atoms with Crippen molar-refractivity contribution in [2.24, 2.45) is 0 Å². The second-order valence-electron chi connectivity index (χ2n) is 6.50. The molecule has 0 N–H and O–H groups in total. The lowest BCUT2D eigenvalue weighted by molar-refractivity contribution is 0.0349. The largest absolute Gasteiger partial charge is 0.438 e. The quantitative estimate of drug-likeness (QED) is 0.643. The maximum absolute atomic E-state index is 6.22. The minimum atomic E-state index is 0.289. The molecule has 0 aliphatic rings. The van der Waals surface area contributed by atoms with E-state index in [0.29, 0.717) is 12.5 Å². The monoisotopic (exact) mass is 327 g/mol. The highest BCUT2D eigenvalue weighted by Gasteiger charge is 2.14. The summed E-state index contributed by atoms with van der Waals surface area (Å²) in [5, 5.41) is 0. The van der Waals surface area contributed by atoms with Crippen molar-refractivity contribution in [3.8, 4) is 11.6 Å². The number of nitrogens with zero attached hydrogens (tertiary/aromatic N) is 1. The Labute approximate surface area is 146 Å². The number of aryl methyl sites for hydroxylation is 4. The van der Waals surface area contributed by atoms with Gasteiger partial charge in [0.05, 0.1) is 12.7 Å². The third-order valence-corrected chi connectivity index (χ3v) is 4.27. The Balaban J connectivity index is 2.32. The molecule has 0 saturated heterocycles. The molecular weight excluding hydrogens is 298 g/mol. The number of aromatic nitrogens is 1. The number of ether oxygens (including phenoxy) is 2. The number of pyridine rings is 1. The van der Waals surface area contributed by atoms with Crippen molar-refractivity contribution >= 4 is 0 Å². The molecule has 2 rings (SSSR count). The Morgan fingerprint density at radius 1 is 0.958 bits per heavy atom. The molecule has 1 aromatic heterocycles. The molecule has 0 amide bonds. The lowest BCUT2D eigenvalue weighted by Gasteiger charge is -2.19. The summed E-state index contributed by atoms with van der Waals surface area (Å²) in [5.74, 6) is 1.54. The van der Waals surface area contributed by atoms with Gasteiger partial charge >= 0.3 is 0 Å². The van der Waals surface area contributed by atoms with Crippen molar-refractivity contribution in [2.75, 3.05) is 0 Å². The van der Waals surface area contributed by atoms with E-state index in [0.717, 1.165) is 41.0 Å². The van der Waals surface area contributed by atoms with Crippen LogP contribution in [-0.2, 0) is 11.3 Å². The molecule has 0 unspecified atom stereocenters. The maximum Gasteiger partial charge on any atom is 0.222 e. The molecule has 2 aromatic rings. The maximum atomic E-state index is 6.22. The summed E-state index contributed by atoms with van der Waals surface area (Å²) in [6.07, 6.45) is 2.34. The van der Waals surface area contributed by atoms with E-state index >= 15 is 0 Å². The van der Waals surface area contributed by atoms with E-state index in [1.807, 2.05) is 26.0 Å². The second kappa shape index (κ2) is 8.29. The van der Waals surface area contributed by atoms with Gasteiger partial charge in [0.1, 0.15) is 5.75 Å². The van der Waals surface area contributed by atoms with E-state index in [9.17, 15) is 0 Å². The predicted molar refractivity (Wildman–Crippen MR) is 98.9 cm³/mol. The van der Waals surface area contributed by atoms with Crippen LogP contribution in [0.1, 0.15) is 54.6 Å². The number of benzene rings is 1. The van der Waals surface area contributed by atoms with Gasteiger partial charge < -0.3 is 9.47 Å². The first kappa shape index (κ1) is 18.5. The lowest BCUT2D eigenvalue weighted by atomic mass is 10.1. The average Bonchev–Trinajstić information content (AvgIpc) is 2.54. The minimum Gasteiger partial charge on any atom is -0.438 e. The molecule has 24 heavy (non-hydrogen) atoms. The van der Waals surface area contributed by atoms with Gasteiger partial charge in [-0.3, -0.25) is 0 Å². The molecule has 0 bridgehead atoms. The molecule has 3 nitrogen and oxygen atoms in total. The van der Waals surface area contributed by atoms with E-state index in [2.05, 4.69) is 44.8 Å². The molecule has 0 spiro atoms. The van der Waals surface area contributed by atoms with Crippen LogP contribution in [0.4, 0.5) is 0 Å². The number of rotatable bonds is 7. The normalized spacial score (nSPS) is 11.1. The van der Waals surface area contributed by atoms with Crippen molar-refractivity contribution < 1.29 is 9.47 Å². The van der Waals surface area contributed by atoms with Crippen LogP contribution in [0.3, 0.4) is 0 Å². The predicted octanol–water partition coefficient (Wildman–Crippen LogP) is 5.81. The molecule has 1 aromatic carbocycles. The van der Waals surface area contributed by atoms with Crippen LogP contribution < -0.4 is 4.74 Å². The fourth-order valence-corrected chi connectivity index (χ4v) is 2.83. The van der Waals surface area contributed by atoms with Gasteiger partial charge in [0.25, 0.3) is 0 Å². The molecule has 3 heteroatoms. The number of hydrogen-bond acceptors (Lipinski definition) is 3. The summed E-state index contributed by atoms with van der Waals surface area (Å²) < 4.78 is 12.3. The van der Waals surface area contributed by atoms with Gasteiger partial charge in [-0.2, -0.15) is 0 Å². The highest BCUT2D eigenvalue weighted by molar-refractivity contribution is 5.46. The smallest absolute Gasteiger partial charge is 0.222 e. The Bertz CT molecular complexity index is 690. The third-order valence-electron chi connectivity index (χ3n) is 4.27. The first-order valence-electron chi connectivity index (χ1n) is 8.78. The van der Waals surface area contributed by atoms with Crippen LogP contribution in [0.2, 0.25) is 0 Å². The van der Waals surface area contributed by atoms with E-state index < -0.39 is 0 Å². The van der Waals surface area contributed by atoms with Crippen molar-refractivity contribution in [3.63, 3.8) is 0 Å². The molecule has 0 atom stereocenters. The summed E-state index contributed by atoms with van der Waals surface area (Å²) >= 11 is 0. The van der Waals surface area contributed by atoms with Gasteiger partial charge in [-0.25, -0.2) is 4.98 Å². The topological polar surface area (TPSA) is 31.4 Å². The molecule has 1 heterocycles. The molecular formula is C21H29NO2. The van der Waals surface area contributed by atoms with Gasteiger partial charge in [0.2, 0.25) is 5.88 Å². The van der Waals surface area contributed by atoms with E-state index in [1.165, 1.54) is 5.56 Å². The summed E-state index contributed by atoms with van der Waals surface area (Å²) in [7, 11) is 0. The van der Waals surface area contributed by atoms with Gasteiger partial charge in [-0.05, 0) is 52.2 Å². The molecule has 130 valence electrons. The van der Waals surface area contributed by atoms with Crippen molar-refractivity contribution in [3.05, 3.63) is 52.2 Å². The summed E-state index contributed by atoms with van der Waals surface area (Å²) in [4.78, 5) is 4.54. The van der Waals surface area contributed by atoms with E-state index in [4.69, 9.17) is 9.47 Å². The highest BCUT2D eigenvalue weighted by Crippen LogP contribution is 2.32.